The van der Waals surface area contributed by atoms with Crippen LogP contribution in [0, 0.1) is 5.41 Å². The lowest BCUT2D eigenvalue weighted by atomic mass is 9.87. The predicted octanol–water partition coefficient (Wildman–Crippen LogP) is 3.84. The molecule has 4 nitrogen and oxygen atoms in total. The molecule has 0 saturated heterocycles. The summed E-state index contributed by atoms with van der Waals surface area (Å²) in [6, 6.07) is 8.17. The Kier molecular flexibility index (Phi) is 5.65. The van der Waals surface area contributed by atoms with Gasteiger partial charge in [-0.3, -0.25) is 0 Å². The van der Waals surface area contributed by atoms with E-state index in [-0.39, 0.29) is 17.6 Å². The lowest BCUT2D eigenvalue weighted by Crippen LogP contribution is -2.42. The third kappa shape index (κ3) is 4.94. The highest BCUT2D eigenvalue weighted by atomic mass is 32.1. The van der Waals surface area contributed by atoms with Gasteiger partial charge in [-0.15, -0.1) is 11.3 Å². The lowest BCUT2D eigenvalue weighted by molar-refractivity contribution is 0.127. The van der Waals surface area contributed by atoms with Crippen LogP contribution in [0.3, 0.4) is 0 Å². The summed E-state index contributed by atoms with van der Waals surface area (Å²) in [5.74, 6) is 0. The molecule has 0 aliphatic carbocycles. The first-order chi connectivity index (χ1) is 10.8. The van der Waals surface area contributed by atoms with Crippen LogP contribution in [0.5, 0.6) is 0 Å². The molecule has 0 aliphatic heterocycles. The number of carbonyl (C=O) groups is 1. The number of rotatable bonds is 6. The van der Waals surface area contributed by atoms with E-state index in [2.05, 4.69) is 22.8 Å². The fourth-order valence-electron chi connectivity index (χ4n) is 2.80. The van der Waals surface area contributed by atoms with E-state index in [9.17, 15) is 9.90 Å². The molecule has 0 saturated carbocycles. The topological polar surface area (TPSA) is 52.6 Å². The van der Waals surface area contributed by atoms with Crippen LogP contribution < -0.4 is 5.32 Å². The molecule has 5 heteroatoms. The molecule has 0 spiro atoms. The summed E-state index contributed by atoms with van der Waals surface area (Å²) in [6.45, 7) is 7.01. The number of fused-ring (bicyclic) bond motifs is 1. The van der Waals surface area contributed by atoms with Crippen molar-refractivity contribution < 1.29 is 9.90 Å². The molecule has 0 fully saturated rings. The Hall–Kier alpha value is -1.59. The van der Waals surface area contributed by atoms with Crippen molar-refractivity contribution in [3.05, 3.63) is 35.2 Å². The molecule has 1 aromatic heterocycles. The number of benzene rings is 1. The minimum Gasteiger partial charge on any atom is -0.393 e. The normalized spacial score (nSPS) is 13.1. The van der Waals surface area contributed by atoms with Gasteiger partial charge in [-0.2, -0.15) is 0 Å². The molecule has 1 aromatic carbocycles. The molecule has 23 heavy (non-hydrogen) atoms. The fraction of sp³-hybridized carbons (Fsp3) is 0.500. The first-order valence-corrected chi connectivity index (χ1v) is 8.78. The van der Waals surface area contributed by atoms with Crippen LogP contribution in [0.2, 0.25) is 0 Å². The number of nitrogens with one attached hydrogen (secondary N) is 1. The van der Waals surface area contributed by atoms with E-state index >= 15 is 0 Å². The molecule has 126 valence electrons. The van der Waals surface area contributed by atoms with Crippen molar-refractivity contribution in [3.8, 4) is 0 Å². The average molecular weight is 334 g/mol. The summed E-state index contributed by atoms with van der Waals surface area (Å²) in [7, 11) is 1.81. The predicted molar refractivity (Wildman–Crippen MR) is 96.8 cm³/mol. The van der Waals surface area contributed by atoms with E-state index in [1.807, 2.05) is 33.0 Å². The maximum atomic E-state index is 12.3. The quantitative estimate of drug-likeness (QED) is 0.843. The SMILES string of the molecule is CC(O)CC(C)(C)CNC(=O)N(C)Cc1csc2ccccc12. The zero-order valence-electron chi connectivity index (χ0n) is 14.3. The zero-order valence-corrected chi connectivity index (χ0v) is 15.1. The zero-order chi connectivity index (χ0) is 17.0. The van der Waals surface area contributed by atoms with Gasteiger partial charge in [0.25, 0.3) is 0 Å². The van der Waals surface area contributed by atoms with Crippen molar-refractivity contribution in [3.63, 3.8) is 0 Å². The van der Waals surface area contributed by atoms with E-state index in [1.54, 1.807) is 23.2 Å². The van der Waals surface area contributed by atoms with Gasteiger partial charge in [0.15, 0.2) is 0 Å². The largest absolute Gasteiger partial charge is 0.393 e. The van der Waals surface area contributed by atoms with Crippen LogP contribution in [0.25, 0.3) is 10.1 Å². The van der Waals surface area contributed by atoms with Gasteiger partial charge in [0.2, 0.25) is 0 Å². The highest BCUT2D eigenvalue weighted by Gasteiger charge is 2.22. The number of urea groups is 1. The Morgan fingerprint density at radius 2 is 2.09 bits per heavy atom. The second kappa shape index (κ2) is 7.32. The number of nitrogens with zero attached hydrogens (tertiary/aromatic N) is 1. The first kappa shape index (κ1) is 17.8. The molecule has 1 unspecified atom stereocenters. The Labute approximate surface area is 142 Å². The molecular formula is C18H26N2O2S. The summed E-state index contributed by atoms with van der Waals surface area (Å²) in [5, 5.41) is 15.8. The van der Waals surface area contributed by atoms with Gasteiger partial charge >= 0.3 is 6.03 Å². The number of aliphatic hydroxyl groups excluding tert-OH is 1. The molecule has 0 bridgehead atoms. The molecule has 2 N–H and O–H groups in total. The van der Waals surface area contributed by atoms with E-state index in [0.29, 0.717) is 19.5 Å². The molecule has 2 rings (SSSR count). The van der Waals surface area contributed by atoms with E-state index < -0.39 is 0 Å². The number of amides is 2. The van der Waals surface area contributed by atoms with E-state index in [4.69, 9.17) is 0 Å². The van der Waals surface area contributed by atoms with Gasteiger partial charge in [0, 0.05) is 24.8 Å². The van der Waals surface area contributed by atoms with Crippen LogP contribution in [0.1, 0.15) is 32.8 Å². The van der Waals surface area contributed by atoms with Crippen molar-refractivity contribution in [2.24, 2.45) is 5.41 Å². The molecule has 2 amide bonds. The highest BCUT2D eigenvalue weighted by molar-refractivity contribution is 7.17. The number of aliphatic hydroxyl groups is 1. The molecule has 0 aliphatic rings. The maximum Gasteiger partial charge on any atom is 0.317 e. The van der Waals surface area contributed by atoms with Crippen LogP contribution in [-0.4, -0.2) is 35.7 Å². The highest BCUT2D eigenvalue weighted by Crippen LogP contribution is 2.26. The smallest absolute Gasteiger partial charge is 0.317 e. The Morgan fingerprint density at radius 1 is 1.39 bits per heavy atom. The Bertz CT molecular complexity index is 664. The summed E-state index contributed by atoms with van der Waals surface area (Å²) < 4.78 is 1.24. The average Bonchev–Trinajstić information content (AvgIpc) is 2.87. The lowest BCUT2D eigenvalue weighted by Gasteiger charge is -2.28. The van der Waals surface area contributed by atoms with Crippen molar-refractivity contribution in [1.29, 1.82) is 0 Å². The van der Waals surface area contributed by atoms with Gasteiger partial charge in [0.05, 0.1) is 6.10 Å². The number of carbonyl (C=O) groups excluding carboxylic acids is 1. The summed E-state index contributed by atoms with van der Waals surface area (Å²) in [6.07, 6.45) is 0.295. The second-order valence-electron chi connectivity index (χ2n) is 6.99. The number of thiophene rings is 1. The third-order valence-electron chi connectivity index (χ3n) is 3.88. The van der Waals surface area contributed by atoms with Crippen LogP contribution in [-0.2, 0) is 6.54 Å². The van der Waals surface area contributed by atoms with Gasteiger partial charge in [-0.25, -0.2) is 4.79 Å². The maximum absolute atomic E-state index is 12.3. The summed E-state index contributed by atoms with van der Waals surface area (Å²) >= 11 is 1.71. The minimum atomic E-state index is -0.364. The monoisotopic (exact) mass is 334 g/mol. The number of hydrogen-bond donors (Lipinski definition) is 2. The Balaban J connectivity index is 1.93. The third-order valence-corrected chi connectivity index (χ3v) is 4.89. The van der Waals surface area contributed by atoms with Gasteiger partial charge < -0.3 is 15.3 Å². The van der Waals surface area contributed by atoms with Gasteiger partial charge in [0.1, 0.15) is 0 Å². The molecule has 1 heterocycles. The van der Waals surface area contributed by atoms with Gasteiger partial charge in [-0.05, 0) is 41.2 Å². The standard InChI is InChI=1S/C18H26N2O2S/c1-13(21)9-18(2,3)12-19-17(22)20(4)10-14-11-23-16-8-6-5-7-15(14)16/h5-8,11,13,21H,9-10,12H2,1-4H3,(H,19,22). The summed E-state index contributed by atoms with van der Waals surface area (Å²) in [4.78, 5) is 14.0. The fourth-order valence-corrected chi connectivity index (χ4v) is 3.76. The minimum absolute atomic E-state index is 0.0843. The van der Waals surface area contributed by atoms with Crippen molar-refractivity contribution >= 4 is 27.5 Å². The van der Waals surface area contributed by atoms with E-state index in [0.717, 1.165) is 0 Å². The molecule has 1 atom stereocenters. The van der Waals surface area contributed by atoms with E-state index in [1.165, 1.54) is 15.6 Å². The summed E-state index contributed by atoms with van der Waals surface area (Å²) in [5.41, 5.74) is 1.05. The van der Waals surface area contributed by atoms with Crippen LogP contribution in [0.4, 0.5) is 4.79 Å². The van der Waals surface area contributed by atoms with Crippen LogP contribution in [0.15, 0.2) is 29.6 Å². The van der Waals surface area contributed by atoms with Crippen molar-refractivity contribution in [2.75, 3.05) is 13.6 Å². The van der Waals surface area contributed by atoms with Gasteiger partial charge in [-0.1, -0.05) is 32.0 Å². The molecule has 2 aromatic rings. The number of hydrogen-bond acceptors (Lipinski definition) is 3. The molecule has 0 radical (unpaired) electrons. The van der Waals surface area contributed by atoms with Crippen molar-refractivity contribution in [2.45, 2.75) is 39.8 Å². The molecular weight excluding hydrogens is 308 g/mol. The Morgan fingerprint density at radius 3 is 2.78 bits per heavy atom. The van der Waals surface area contributed by atoms with Crippen molar-refractivity contribution in [1.82, 2.24) is 10.2 Å². The van der Waals surface area contributed by atoms with Crippen LogP contribution >= 0.6 is 11.3 Å². The second-order valence-corrected chi connectivity index (χ2v) is 7.90. The first-order valence-electron chi connectivity index (χ1n) is 7.91.